The van der Waals surface area contributed by atoms with Gasteiger partial charge in [0, 0.05) is 67.2 Å². The molecule has 0 radical (unpaired) electrons. The van der Waals surface area contributed by atoms with E-state index >= 15 is 0 Å². The Morgan fingerprint density at radius 1 is 1.32 bits per heavy atom. The SMILES string of the molecule is CC(C)c1ncc2c(n1)CCN(Cc1cn3ccsc3n1)C2. The van der Waals surface area contributed by atoms with Crippen LogP contribution < -0.4 is 0 Å². The molecule has 0 saturated heterocycles. The van der Waals surface area contributed by atoms with E-state index in [1.807, 2.05) is 6.20 Å². The normalized spacial score (nSPS) is 15.6. The van der Waals surface area contributed by atoms with Crippen LogP contribution in [0.2, 0.25) is 0 Å². The van der Waals surface area contributed by atoms with Gasteiger partial charge in [0.25, 0.3) is 0 Å². The molecular formula is C16H19N5S. The van der Waals surface area contributed by atoms with Gasteiger partial charge in [-0.1, -0.05) is 13.8 Å². The van der Waals surface area contributed by atoms with Crippen LogP contribution in [0.4, 0.5) is 0 Å². The first-order valence-corrected chi connectivity index (χ1v) is 8.55. The molecule has 0 unspecified atom stereocenters. The highest BCUT2D eigenvalue weighted by molar-refractivity contribution is 7.15. The monoisotopic (exact) mass is 313 g/mol. The van der Waals surface area contributed by atoms with Gasteiger partial charge in [-0.05, 0) is 0 Å². The van der Waals surface area contributed by atoms with Crippen molar-refractivity contribution in [3.63, 3.8) is 0 Å². The maximum atomic E-state index is 4.72. The molecule has 3 aromatic rings. The van der Waals surface area contributed by atoms with Crippen LogP contribution in [-0.2, 0) is 19.5 Å². The van der Waals surface area contributed by atoms with E-state index in [4.69, 9.17) is 4.98 Å². The number of imidazole rings is 1. The van der Waals surface area contributed by atoms with E-state index in [0.717, 1.165) is 42.5 Å². The second-order valence-electron chi connectivity index (χ2n) is 6.14. The molecule has 0 aliphatic carbocycles. The predicted molar refractivity (Wildman–Crippen MR) is 87.0 cm³/mol. The molecule has 0 saturated carbocycles. The summed E-state index contributed by atoms with van der Waals surface area (Å²) in [5, 5.41) is 2.06. The molecule has 22 heavy (non-hydrogen) atoms. The molecule has 3 aromatic heterocycles. The van der Waals surface area contributed by atoms with Gasteiger partial charge in [-0.2, -0.15) is 0 Å². The van der Waals surface area contributed by atoms with Crippen LogP contribution in [0, 0.1) is 0 Å². The molecule has 4 rings (SSSR count). The second kappa shape index (κ2) is 5.44. The number of hydrogen-bond acceptors (Lipinski definition) is 5. The second-order valence-corrected chi connectivity index (χ2v) is 7.01. The number of hydrogen-bond donors (Lipinski definition) is 0. The van der Waals surface area contributed by atoms with Gasteiger partial charge in [-0.25, -0.2) is 15.0 Å². The lowest BCUT2D eigenvalue weighted by Crippen LogP contribution is -2.31. The van der Waals surface area contributed by atoms with E-state index in [1.165, 1.54) is 11.3 Å². The van der Waals surface area contributed by atoms with Crippen LogP contribution in [0.3, 0.4) is 0 Å². The maximum absolute atomic E-state index is 4.72. The molecule has 0 aromatic carbocycles. The van der Waals surface area contributed by atoms with Crippen molar-refractivity contribution in [2.24, 2.45) is 0 Å². The van der Waals surface area contributed by atoms with E-state index in [1.54, 1.807) is 11.3 Å². The lowest BCUT2D eigenvalue weighted by Gasteiger charge is -2.27. The van der Waals surface area contributed by atoms with E-state index in [-0.39, 0.29) is 0 Å². The Labute approximate surface area is 133 Å². The summed E-state index contributed by atoms with van der Waals surface area (Å²) in [6.45, 7) is 7.12. The summed E-state index contributed by atoms with van der Waals surface area (Å²) in [6.07, 6.45) is 7.19. The first kappa shape index (κ1) is 13.8. The van der Waals surface area contributed by atoms with Gasteiger partial charge in [-0.15, -0.1) is 11.3 Å². The topological polar surface area (TPSA) is 46.3 Å². The number of fused-ring (bicyclic) bond motifs is 2. The molecular weight excluding hydrogens is 294 g/mol. The van der Waals surface area contributed by atoms with E-state index in [2.05, 4.69) is 50.9 Å². The molecule has 114 valence electrons. The zero-order valence-corrected chi connectivity index (χ0v) is 13.7. The first-order valence-electron chi connectivity index (χ1n) is 7.67. The van der Waals surface area contributed by atoms with Crippen molar-refractivity contribution in [3.05, 3.63) is 46.7 Å². The van der Waals surface area contributed by atoms with Crippen molar-refractivity contribution < 1.29 is 0 Å². The maximum Gasteiger partial charge on any atom is 0.193 e. The number of thiazole rings is 1. The molecule has 0 spiro atoms. The molecule has 0 atom stereocenters. The third kappa shape index (κ3) is 2.53. The van der Waals surface area contributed by atoms with Gasteiger partial charge in [0.2, 0.25) is 0 Å². The lowest BCUT2D eigenvalue weighted by atomic mass is 10.1. The molecule has 1 aliphatic heterocycles. The largest absolute Gasteiger partial charge is 0.297 e. The fourth-order valence-corrected chi connectivity index (χ4v) is 3.60. The molecule has 0 N–H and O–H groups in total. The van der Waals surface area contributed by atoms with Gasteiger partial charge in [-0.3, -0.25) is 9.30 Å². The van der Waals surface area contributed by atoms with Gasteiger partial charge in [0.1, 0.15) is 5.82 Å². The Hall–Kier alpha value is -1.79. The molecule has 4 heterocycles. The fraction of sp³-hybridized carbons (Fsp3) is 0.438. The summed E-state index contributed by atoms with van der Waals surface area (Å²) in [6, 6.07) is 0. The zero-order chi connectivity index (χ0) is 15.1. The van der Waals surface area contributed by atoms with Gasteiger partial charge >= 0.3 is 0 Å². The van der Waals surface area contributed by atoms with Gasteiger partial charge < -0.3 is 0 Å². The molecule has 1 aliphatic rings. The Bertz CT molecular complexity index is 775. The van der Waals surface area contributed by atoms with Crippen molar-refractivity contribution >= 4 is 16.3 Å². The number of rotatable bonds is 3. The quantitative estimate of drug-likeness (QED) is 0.746. The standard InChI is InChI=1S/C16H19N5S/c1-11(2)15-17-7-12-8-20(4-3-14(12)19-15)9-13-10-21-5-6-22-16(21)18-13/h5-7,10-11H,3-4,8-9H2,1-2H3. The highest BCUT2D eigenvalue weighted by Gasteiger charge is 2.20. The first-order chi connectivity index (χ1) is 10.7. The zero-order valence-electron chi connectivity index (χ0n) is 12.9. The molecule has 5 nitrogen and oxygen atoms in total. The van der Waals surface area contributed by atoms with Crippen LogP contribution >= 0.6 is 11.3 Å². The van der Waals surface area contributed by atoms with Crippen LogP contribution in [0.15, 0.2) is 24.0 Å². The minimum absolute atomic E-state index is 0.391. The molecule has 6 heteroatoms. The Balaban J connectivity index is 1.50. The van der Waals surface area contributed by atoms with Crippen molar-refractivity contribution in [1.29, 1.82) is 0 Å². The Kier molecular flexibility index (Phi) is 3.43. The molecule has 0 amide bonds. The summed E-state index contributed by atoms with van der Waals surface area (Å²) in [4.78, 5) is 17.4. The van der Waals surface area contributed by atoms with Crippen LogP contribution in [-0.4, -0.2) is 30.8 Å². The Morgan fingerprint density at radius 3 is 3.05 bits per heavy atom. The average Bonchev–Trinajstić information content (AvgIpc) is 3.07. The third-order valence-corrected chi connectivity index (χ3v) is 4.85. The van der Waals surface area contributed by atoms with E-state index < -0.39 is 0 Å². The van der Waals surface area contributed by atoms with Crippen molar-refractivity contribution in [1.82, 2.24) is 24.3 Å². The number of nitrogens with zero attached hydrogens (tertiary/aromatic N) is 5. The van der Waals surface area contributed by atoms with Gasteiger partial charge in [0.05, 0.1) is 5.69 Å². The smallest absolute Gasteiger partial charge is 0.193 e. The highest BCUT2D eigenvalue weighted by Crippen LogP contribution is 2.21. The average molecular weight is 313 g/mol. The summed E-state index contributed by atoms with van der Waals surface area (Å²) in [5.74, 6) is 1.35. The van der Waals surface area contributed by atoms with E-state index in [0.29, 0.717) is 5.92 Å². The van der Waals surface area contributed by atoms with Crippen LogP contribution in [0.25, 0.3) is 4.96 Å². The number of aromatic nitrogens is 4. The van der Waals surface area contributed by atoms with Crippen molar-refractivity contribution in [3.8, 4) is 0 Å². The minimum Gasteiger partial charge on any atom is -0.297 e. The van der Waals surface area contributed by atoms with Crippen LogP contribution in [0.5, 0.6) is 0 Å². The predicted octanol–water partition coefficient (Wildman–Crippen LogP) is 2.87. The fourth-order valence-electron chi connectivity index (χ4n) is 2.88. The third-order valence-electron chi connectivity index (χ3n) is 4.08. The summed E-state index contributed by atoms with van der Waals surface area (Å²) in [7, 11) is 0. The van der Waals surface area contributed by atoms with Crippen LogP contribution in [0.1, 0.15) is 42.5 Å². The van der Waals surface area contributed by atoms with E-state index in [9.17, 15) is 0 Å². The molecule has 0 bridgehead atoms. The highest BCUT2D eigenvalue weighted by atomic mass is 32.1. The van der Waals surface area contributed by atoms with Crippen molar-refractivity contribution in [2.45, 2.75) is 39.3 Å². The summed E-state index contributed by atoms with van der Waals surface area (Å²) in [5.41, 5.74) is 3.62. The van der Waals surface area contributed by atoms with Gasteiger partial charge in [0.15, 0.2) is 4.96 Å². The molecule has 0 fully saturated rings. The lowest BCUT2D eigenvalue weighted by molar-refractivity contribution is 0.240. The summed E-state index contributed by atoms with van der Waals surface area (Å²) < 4.78 is 2.09. The Morgan fingerprint density at radius 2 is 2.23 bits per heavy atom. The minimum atomic E-state index is 0.391. The van der Waals surface area contributed by atoms with Crippen molar-refractivity contribution in [2.75, 3.05) is 6.54 Å². The summed E-state index contributed by atoms with van der Waals surface area (Å²) >= 11 is 1.68.